The van der Waals surface area contributed by atoms with Crippen molar-refractivity contribution >= 4 is 23.7 Å². The first kappa shape index (κ1) is 28.5. The largest absolute Gasteiger partial charge is 0.480 e. The average Bonchev–Trinajstić information content (AvgIpc) is 3.36. The van der Waals surface area contributed by atoms with E-state index in [9.17, 15) is 24.3 Å². The fraction of sp³-hybridized carbons (Fsp3) is 0.458. The highest BCUT2D eigenvalue weighted by molar-refractivity contribution is 5.94. The first-order valence-corrected chi connectivity index (χ1v) is 11.8. The van der Waals surface area contributed by atoms with Gasteiger partial charge in [-0.1, -0.05) is 30.3 Å². The summed E-state index contributed by atoms with van der Waals surface area (Å²) in [6.07, 6.45) is 4.52. The number of carboxylic acid groups (broad SMARTS) is 1. The molecule has 12 heteroatoms. The first-order chi connectivity index (χ1) is 17.2. The quantitative estimate of drug-likeness (QED) is 0.154. The van der Waals surface area contributed by atoms with Crippen LogP contribution >= 0.6 is 0 Å². The van der Waals surface area contributed by atoms with Gasteiger partial charge in [0.2, 0.25) is 17.7 Å². The molecule has 36 heavy (non-hydrogen) atoms. The van der Waals surface area contributed by atoms with Gasteiger partial charge in [-0.3, -0.25) is 14.4 Å². The molecular formula is C24H35N7O5. The maximum atomic E-state index is 13.2. The van der Waals surface area contributed by atoms with Crippen molar-refractivity contribution in [3.63, 3.8) is 0 Å². The summed E-state index contributed by atoms with van der Waals surface area (Å²) in [5.41, 5.74) is 12.5. The third-order valence-corrected chi connectivity index (χ3v) is 5.50. The minimum Gasteiger partial charge on any atom is -0.480 e. The van der Waals surface area contributed by atoms with Crippen LogP contribution in [0.3, 0.4) is 0 Å². The van der Waals surface area contributed by atoms with Gasteiger partial charge in [0.15, 0.2) is 0 Å². The van der Waals surface area contributed by atoms with E-state index in [0.717, 1.165) is 5.56 Å². The van der Waals surface area contributed by atoms with Crippen LogP contribution in [0.25, 0.3) is 0 Å². The van der Waals surface area contributed by atoms with Gasteiger partial charge in [0.1, 0.15) is 18.1 Å². The zero-order chi connectivity index (χ0) is 26.5. The van der Waals surface area contributed by atoms with Crippen LogP contribution in [-0.2, 0) is 32.0 Å². The highest BCUT2D eigenvalue weighted by atomic mass is 16.4. The lowest BCUT2D eigenvalue weighted by Crippen LogP contribution is -2.57. The molecule has 3 amide bonds. The second-order valence-electron chi connectivity index (χ2n) is 8.57. The lowest BCUT2D eigenvalue weighted by Gasteiger charge is -2.25. The number of nitrogens with one attached hydrogen (secondary N) is 4. The predicted octanol–water partition coefficient (Wildman–Crippen LogP) is -0.790. The zero-order valence-electron chi connectivity index (χ0n) is 20.3. The minimum absolute atomic E-state index is 0.0146. The number of nitrogens with zero attached hydrogens (tertiary/aromatic N) is 1. The molecule has 0 aliphatic rings. The smallest absolute Gasteiger partial charge is 0.326 e. The normalized spacial score (nSPS) is 14.2. The summed E-state index contributed by atoms with van der Waals surface area (Å²) in [5.74, 6) is -2.97. The topological polar surface area (TPSA) is 205 Å². The number of aromatic amines is 1. The van der Waals surface area contributed by atoms with Crippen molar-refractivity contribution in [2.75, 3.05) is 6.54 Å². The summed E-state index contributed by atoms with van der Waals surface area (Å²) >= 11 is 0. The van der Waals surface area contributed by atoms with Crippen LogP contribution in [0.2, 0.25) is 0 Å². The van der Waals surface area contributed by atoms with Gasteiger partial charge in [0.05, 0.1) is 12.4 Å². The van der Waals surface area contributed by atoms with E-state index in [-0.39, 0.29) is 12.8 Å². The lowest BCUT2D eigenvalue weighted by atomic mass is 10.0. The SMILES string of the molecule is CC(N)C(=O)NC(CCCCN)C(=O)NC(Cc1ccccc1)C(=O)NC(Cc1cnc[nH]1)C(=O)O. The van der Waals surface area contributed by atoms with E-state index in [1.807, 2.05) is 6.07 Å². The number of rotatable bonds is 15. The average molecular weight is 502 g/mol. The summed E-state index contributed by atoms with van der Waals surface area (Å²) < 4.78 is 0. The Morgan fingerprint density at radius 1 is 0.944 bits per heavy atom. The second kappa shape index (κ2) is 14.6. The highest BCUT2D eigenvalue weighted by Crippen LogP contribution is 2.08. The molecule has 9 N–H and O–H groups in total. The van der Waals surface area contributed by atoms with Gasteiger partial charge in [0, 0.05) is 24.7 Å². The Labute approximate surface area is 209 Å². The number of hydrogen-bond donors (Lipinski definition) is 7. The molecule has 0 saturated carbocycles. The summed E-state index contributed by atoms with van der Waals surface area (Å²) in [6.45, 7) is 1.93. The van der Waals surface area contributed by atoms with Crippen LogP contribution in [0.5, 0.6) is 0 Å². The van der Waals surface area contributed by atoms with Crippen molar-refractivity contribution in [2.24, 2.45) is 11.5 Å². The van der Waals surface area contributed by atoms with E-state index in [4.69, 9.17) is 11.5 Å². The Bertz CT molecular complexity index is 982. The molecule has 1 aromatic heterocycles. The molecular weight excluding hydrogens is 466 g/mol. The number of hydrogen-bond acceptors (Lipinski definition) is 7. The van der Waals surface area contributed by atoms with E-state index in [1.165, 1.54) is 19.4 Å². The van der Waals surface area contributed by atoms with Crippen molar-refractivity contribution in [1.82, 2.24) is 25.9 Å². The minimum atomic E-state index is -1.24. The first-order valence-electron chi connectivity index (χ1n) is 11.8. The van der Waals surface area contributed by atoms with Crippen LogP contribution in [0, 0.1) is 0 Å². The van der Waals surface area contributed by atoms with E-state index >= 15 is 0 Å². The molecule has 0 aliphatic carbocycles. The molecule has 0 saturated heterocycles. The summed E-state index contributed by atoms with van der Waals surface area (Å²) in [6, 6.07) is 4.91. The summed E-state index contributed by atoms with van der Waals surface area (Å²) in [5, 5.41) is 17.4. The second-order valence-corrected chi connectivity index (χ2v) is 8.57. The van der Waals surface area contributed by atoms with Crippen LogP contribution in [0.1, 0.15) is 37.4 Å². The van der Waals surface area contributed by atoms with Crippen LogP contribution in [0.15, 0.2) is 42.9 Å². The van der Waals surface area contributed by atoms with E-state index in [1.54, 1.807) is 24.3 Å². The third-order valence-electron chi connectivity index (χ3n) is 5.50. The number of nitrogens with two attached hydrogens (primary N) is 2. The standard InChI is InChI=1S/C24H35N7O5/c1-15(26)21(32)29-18(9-5-6-10-25)22(33)30-19(11-16-7-3-2-4-8-16)23(34)31-20(24(35)36)12-17-13-27-14-28-17/h2-4,7-8,13-15,18-20H,5-6,9-12,25-26H2,1H3,(H,27,28)(H,29,32)(H,30,33)(H,31,34)(H,35,36). The summed E-state index contributed by atoms with van der Waals surface area (Å²) in [7, 11) is 0. The number of unbranched alkanes of at least 4 members (excludes halogenated alkanes) is 1. The molecule has 12 nitrogen and oxygen atoms in total. The number of aromatic nitrogens is 2. The number of carboxylic acids is 1. The van der Waals surface area contributed by atoms with Crippen molar-refractivity contribution in [3.8, 4) is 0 Å². The van der Waals surface area contributed by atoms with Crippen molar-refractivity contribution in [3.05, 3.63) is 54.1 Å². The Hall–Kier alpha value is -3.77. The maximum Gasteiger partial charge on any atom is 0.326 e. The number of aliphatic carboxylic acids is 1. The number of carbonyl (C=O) groups is 4. The van der Waals surface area contributed by atoms with Crippen LogP contribution in [-0.4, -0.2) is 69.5 Å². The highest BCUT2D eigenvalue weighted by Gasteiger charge is 2.30. The van der Waals surface area contributed by atoms with Gasteiger partial charge in [-0.2, -0.15) is 0 Å². The Morgan fingerprint density at radius 2 is 1.58 bits per heavy atom. The number of benzene rings is 1. The third kappa shape index (κ3) is 9.47. The van der Waals surface area contributed by atoms with Gasteiger partial charge < -0.3 is 37.5 Å². The number of imidazole rings is 1. The monoisotopic (exact) mass is 501 g/mol. The van der Waals surface area contributed by atoms with E-state index < -0.39 is 47.9 Å². The summed E-state index contributed by atoms with van der Waals surface area (Å²) in [4.78, 5) is 57.0. The fourth-order valence-corrected chi connectivity index (χ4v) is 3.48. The molecule has 1 heterocycles. The van der Waals surface area contributed by atoms with E-state index in [2.05, 4.69) is 25.9 Å². The molecule has 2 rings (SSSR count). The van der Waals surface area contributed by atoms with Gasteiger partial charge in [-0.05, 0) is 38.3 Å². The van der Waals surface area contributed by atoms with Gasteiger partial charge in [0.25, 0.3) is 0 Å². The lowest BCUT2D eigenvalue weighted by molar-refractivity contribution is -0.142. The number of amides is 3. The Kier molecular flexibility index (Phi) is 11.5. The van der Waals surface area contributed by atoms with Crippen molar-refractivity contribution < 1.29 is 24.3 Å². The van der Waals surface area contributed by atoms with Gasteiger partial charge >= 0.3 is 5.97 Å². The fourth-order valence-electron chi connectivity index (χ4n) is 3.48. The molecule has 1 aromatic carbocycles. The molecule has 4 unspecified atom stereocenters. The van der Waals surface area contributed by atoms with Crippen molar-refractivity contribution in [2.45, 2.75) is 63.2 Å². The van der Waals surface area contributed by atoms with Gasteiger partial charge in [-0.25, -0.2) is 9.78 Å². The molecule has 0 fully saturated rings. The van der Waals surface area contributed by atoms with Crippen LogP contribution in [0.4, 0.5) is 0 Å². The number of H-pyrrole nitrogens is 1. The molecule has 2 aromatic rings. The Morgan fingerprint density at radius 3 is 2.17 bits per heavy atom. The molecule has 0 radical (unpaired) electrons. The number of carbonyl (C=O) groups excluding carboxylic acids is 3. The molecule has 4 atom stereocenters. The van der Waals surface area contributed by atoms with Gasteiger partial charge in [-0.15, -0.1) is 0 Å². The van der Waals surface area contributed by atoms with Crippen LogP contribution < -0.4 is 27.4 Å². The van der Waals surface area contributed by atoms with Crippen molar-refractivity contribution in [1.29, 1.82) is 0 Å². The molecule has 0 aliphatic heterocycles. The molecule has 0 bridgehead atoms. The molecule has 0 spiro atoms. The zero-order valence-corrected chi connectivity index (χ0v) is 20.3. The predicted molar refractivity (Wildman–Crippen MR) is 132 cm³/mol. The maximum absolute atomic E-state index is 13.2. The Balaban J connectivity index is 2.21. The molecule has 196 valence electrons. The van der Waals surface area contributed by atoms with E-state index in [0.29, 0.717) is 31.5 Å².